The van der Waals surface area contributed by atoms with Gasteiger partial charge in [0.25, 0.3) is 0 Å². The third-order valence-corrected chi connectivity index (χ3v) is 5.49. The molecule has 2 fully saturated rings. The highest BCUT2D eigenvalue weighted by Gasteiger charge is 2.65. The Morgan fingerprint density at radius 1 is 1.19 bits per heavy atom. The summed E-state index contributed by atoms with van der Waals surface area (Å²) in [4.78, 5) is 1.44. The summed E-state index contributed by atoms with van der Waals surface area (Å²) >= 11 is 0. The Morgan fingerprint density at radius 2 is 1.75 bits per heavy atom. The van der Waals surface area contributed by atoms with Gasteiger partial charge in [0.15, 0.2) is 0 Å². The van der Waals surface area contributed by atoms with Crippen LogP contribution in [0.4, 0.5) is 0 Å². The molecule has 2 saturated carbocycles. The van der Waals surface area contributed by atoms with Crippen molar-refractivity contribution in [3.05, 3.63) is 0 Å². The van der Waals surface area contributed by atoms with Crippen LogP contribution in [-0.4, -0.2) is 30.9 Å². The average Bonchev–Trinajstić information content (AvgIpc) is 2.66. The van der Waals surface area contributed by atoms with Crippen molar-refractivity contribution in [3.8, 4) is 0 Å². The van der Waals surface area contributed by atoms with Gasteiger partial charge < -0.3 is 22.5 Å². The van der Waals surface area contributed by atoms with Gasteiger partial charge in [0, 0.05) is 6.42 Å². The third-order valence-electron chi connectivity index (χ3n) is 5.49. The normalized spacial score (nSPS) is 44.8. The Bertz CT molecular complexity index is 270. The molecule has 16 heavy (non-hydrogen) atoms. The van der Waals surface area contributed by atoms with Crippen LogP contribution in [0, 0.1) is 17.3 Å². The quantitative estimate of drug-likeness (QED) is 0.466. The van der Waals surface area contributed by atoms with Gasteiger partial charge in [0.1, 0.15) is 5.54 Å². The predicted octanol–water partition coefficient (Wildman–Crippen LogP) is -2.69. The molecular weight excluding hydrogens is 224 g/mol. The van der Waals surface area contributed by atoms with Gasteiger partial charge in [-0.25, -0.2) is 0 Å². The van der Waals surface area contributed by atoms with Crippen LogP contribution in [0.25, 0.3) is 0 Å². The number of nitrogens with one attached hydrogen (secondary N) is 2. The molecule has 0 saturated heterocycles. The lowest BCUT2D eigenvalue weighted by Gasteiger charge is -2.42. The van der Waals surface area contributed by atoms with Gasteiger partial charge in [0.2, 0.25) is 0 Å². The van der Waals surface area contributed by atoms with Crippen LogP contribution in [-0.2, 0) is 0 Å². The van der Waals surface area contributed by atoms with E-state index in [0.29, 0.717) is 5.41 Å². The Hall–Kier alpha value is 0.170. The molecule has 4 heteroatoms. The Labute approximate surface area is 105 Å². The average molecular weight is 249 g/mol. The molecule has 96 valence electrons. The van der Waals surface area contributed by atoms with Crippen LogP contribution >= 0.6 is 0 Å². The van der Waals surface area contributed by atoms with Crippen molar-refractivity contribution in [3.63, 3.8) is 0 Å². The monoisotopic (exact) mass is 248 g/mol. The van der Waals surface area contributed by atoms with Crippen molar-refractivity contribution in [1.82, 2.24) is 5.48 Å². The molecule has 2 aliphatic rings. The first kappa shape index (κ1) is 14.2. The van der Waals surface area contributed by atoms with Crippen molar-refractivity contribution in [2.24, 2.45) is 17.3 Å². The van der Waals surface area contributed by atoms with Crippen molar-refractivity contribution < 1.29 is 22.5 Å². The number of fused-ring (bicyclic) bond motifs is 1. The van der Waals surface area contributed by atoms with Gasteiger partial charge in [-0.3, -0.25) is 0 Å². The summed E-state index contributed by atoms with van der Waals surface area (Å²) in [7, 11) is 4.39. The number of hydroxylamine groups is 1. The van der Waals surface area contributed by atoms with E-state index in [2.05, 4.69) is 40.3 Å². The van der Waals surface area contributed by atoms with Crippen LogP contribution < -0.4 is 22.8 Å². The molecular formula is C12H25ClN2O. The van der Waals surface area contributed by atoms with Crippen molar-refractivity contribution in [2.45, 2.75) is 45.2 Å². The van der Waals surface area contributed by atoms with Crippen LogP contribution in [0.5, 0.6) is 0 Å². The van der Waals surface area contributed by atoms with E-state index in [9.17, 15) is 5.21 Å². The van der Waals surface area contributed by atoms with Crippen LogP contribution in [0.2, 0.25) is 0 Å². The first-order valence-corrected chi connectivity index (χ1v) is 6.04. The summed E-state index contributed by atoms with van der Waals surface area (Å²) in [6.45, 7) is 7.03. The summed E-state index contributed by atoms with van der Waals surface area (Å²) in [6.07, 6.45) is 2.35. The topological polar surface area (TPSA) is 36.7 Å². The van der Waals surface area contributed by atoms with Gasteiger partial charge in [0.05, 0.1) is 20.1 Å². The fourth-order valence-electron chi connectivity index (χ4n) is 3.59. The zero-order valence-electron chi connectivity index (χ0n) is 11.0. The van der Waals surface area contributed by atoms with Gasteiger partial charge in [-0.1, -0.05) is 13.8 Å². The van der Waals surface area contributed by atoms with E-state index in [1.165, 1.54) is 11.3 Å². The second-order valence-corrected chi connectivity index (χ2v) is 6.57. The van der Waals surface area contributed by atoms with E-state index in [0.717, 1.165) is 18.3 Å². The van der Waals surface area contributed by atoms with Crippen molar-refractivity contribution in [1.29, 1.82) is 0 Å². The summed E-state index contributed by atoms with van der Waals surface area (Å²) in [5, 5.41) is 9.32. The van der Waals surface area contributed by atoms with E-state index < -0.39 is 0 Å². The number of hydrogen-bond acceptors (Lipinski definition) is 2. The highest BCUT2D eigenvalue weighted by Crippen LogP contribution is 2.65. The van der Waals surface area contributed by atoms with Gasteiger partial charge in [-0.2, -0.15) is 5.48 Å². The molecule has 2 aliphatic carbocycles. The van der Waals surface area contributed by atoms with Gasteiger partial charge in [-0.15, -0.1) is 0 Å². The molecule has 0 aromatic carbocycles. The highest BCUT2D eigenvalue weighted by molar-refractivity contribution is 5.13. The Balaban J connectivity index is 0.00000128. The summed E-state index contributed by atoms with van der Waals surface area (Å²) < 4.78 is 0. The lowest BCUT2D eigenvalue weighted by molar-refractivity contribution is -0.917. The molecule has 0 aromatic rings. The SMILES string of the molecule is C[NH+](C)C1(C)CC2C(CC1NO)C2(C)C.[Cl-]. The summed E-state index contributed by atoms with van der Waals surface area (Å²) in [6, 6.07) is 0.241. The maximum absolute atomic E-state index is 9.32. The van der Waals surface area contributed by atoms with Crippen molar-refractivity contribution >= 4 is 0 Å². The summed E-state index contributed by atoms with van der Waals surface area (Å²) in [5.74, 6) is 1.68. The van der Waals surface area contributed by atoms with E-state index in [1.54, 1.807) is 0 Å². The summed E-state index contributed by atoms with van der Waals surface area (Å²) in [5.41, 5.74) is 3.22. The fourth-order valence-corrected chi connectivity index (χ4v) is 3.59. The van der Waals surface area contributed by atoms with E-state index in [1.807, 2.05) is 0 Å². The minimum absolute atomic E-state index is 0. The zero-order valence-corrected chi connectivity index (χ0v) is 11.7. The fraction of sp³-hybridized carbons (Fsp3) is 1.00. The molecule has 4 atom stereocenters. The standard InChI is InChI=1S/C12H24N2O.ClH/c1-11(2)8-6-10(13-15)12(3,14(4)5)7-9(8)11;/h8-10,13,15H,6-7H2,1-5H3;1H. The maximum Gasteiger partial charge on any atom is 0.112 e. The second kappa shape index (κ2) is 4.13. The zero-order chi connectivity index (χ0) is 11.4. The lowest BCUT2D eigenvalue weighted by Crippen LogP contribution is -3.17. The first-order chi connectivity index (χ1) is 6.84. The molecule has 3 nitrogen and oxygen atoms in total. The molecule has 3 N–H and O–H groups in total. The molecule has 0 bridgehead atoms. The Kier molecular flexibility index (Phi) is 3.67. The highest BCUT2D eigenvalue weighted by atomic mass is 35.5. The number of rotatable bonds is 2. The number of likely N-dealkylation sites (N-methyl/N-ethyl adjacent to an activating group) is 1. The Morgan fingerprint density at radius 3 is 2.19 bits per heavy atom. The molecule has 2 rings (SSSR count). The molecule has 0 aliphatic heterocycles. The predicted molar refractivity (Wildman–Crippen MR) is 59.9 cm³/mol. The molecule has 4 unspecified atom stereocenters. The van der Waals surface area contributed by atoms with Crippen LogP contribution in [0.1, 0.15) is 33.6 Å². The third kappa shape index (κ3) is 1.78. The first-order valence-electron chi connectivity index (χ1n) is 6.04. The van der Waals surface area contributed by atoms with E-state index in [-0.39, 0.29) is 24.0 Å². The van der Waals surface area contributed by atoms with Crippen LogP contribution in [0.3, 0.4) is 0 Å². The molecule has 0 spiro atoms. The van der Waals surface area contributed by atoms with Crippen LogP contribution in [0.15, 0.2) is 0 Å². The second-order valence-electron chi connectivity index (χ2n) is 6.57. The molecule has 0 radical (unpaired) electrons. The van der Waals surface area contributed by atoms with E-state index in [4.69, 9.17) is 0 Å². The minimum Gasteiger partial charge on any atom is -1.00 e. The molecule has 0 heterocycles. The van der Waals surface area contributed by atoms with E-state index >= 15 is 0 Å². The largest absolute Gasteiger partial charge is 1.00 e. The smallest absolute Gasteiger partial charge is 0.112 e. The number of quaternary nitrogens is 1. The molecule has 0 aromatic heterocycles. The van der Waals surface area contributed by atoms with Crippen molar-refractivity contribution in [2.75, 3.05) is 14.1 Å². The minimum atomic E-state index is 0. The lowest BCUT2D eigenvalue weighted by atomic mass is 9.78. The number of hydrogen-bond donors (Lipinski definition) is 3. The number of halogens is 1. The molecule has 0 amide bonds. The van der Waals surface area contributed by atoms with Gasteiger partial charge in [-0.05, 0) is 30.6 Å². The van der Waals surface area contributed by atoms with Gasteiger partial charge >= 0.3 is 0 Å². The maximum atomic E-state index is 9.32.